The number of ketones is 1. The summed E-state index contributed by atoms with van der Waals surface area (Å²) < 4.78 is 5.41. The first-order valence-electron chi connectivity index (χ1n) is 7.51. The first-order chi connectivity index (χ1) is 8.66. The lowest BCUT2D eigenvalue weighted by atomic mass is 9.87. The molecule has 0 unspecified atom stereocenters. The van der Waals surface area contributed by atoms with E-state index in [-0.39, 0.29) is 0 Å². The molecule has 0 saturated carbocycles. The highest BCUT2D eigenvalue weighted by molar-refractivity contribution is 5.81. The van der Waals surface area contributed by atoms with Crippen molar-refractivity contribution in [3.63, 3.8) is 0 Å². The van der Waals surface area contributed by atoms with E-state index in [1.54, 1.807) is 0 Å². The van der Waals surface area contributed by atoms with Crippen molar-refractivity contribution in [1.82, 2.24) is 4.90 Å². The minimum atomic E-state index is 0.337. The molecule has 0 aromatic rings. The maximum Gasteiger partial charge on any atom is 0.136 e. The monoisotopic (exact) mass is 253 g/mol. The van der Waals surface area contributed by atoms with Crippen molar-refractivity contribution in [2.75, 3.05) is 26.3 Å². The SMILES string of the molecule is CC(C)CC(=O)C1CCN(C2CCOCC2)CC1. The van der Waals surface area contributed by atoms with Gasteiger partial charge in [-0.15, -0.1) is 0 Å². The number of likely N-dealkylation sites (tertiary alicyclic amines) is 1. The van der Waals surface area contributed by atoms with E-state index in [1.807, 2.05) is 0 Å². The van der Waals surface area contributed by atoms with E-state index in [0.29, 0.717) is 23.7 Å². The molecule has 0 amide bonds. The molecule has 18 heavy (non-hydrogen) atoms. The van der Waals surface area contributed by atoms with Crippen LogP contribution in [-0.2, 0) is 9.53 Å². The number of ether oxygens (including phenoxy) is 1. The molecule has 0 N–H and O–H groups in total. The molecule has 0 radical (unpaired) electrons. The molecule has 0 atom stereocenters. The molecule has 2 saturated heterocycles. The molecule has 2 fully saturated rings. The Labute approximate surface area is 111 Å². The quantitative estimate of drug-likeness (QED) is 0.771. The minimum Gasteiger partial charge on any atom is -0.381 e. The molecular weight excluding hydrogens is 226 g/mol. The molecule has 3 heteroatoms. The van der Waals surface area contributed by atoms with Gasteiger partial charge in [0.1, 0.15) is 5.78 Å². The Kier molecular flexibility index (Phi) is 5.19. The summed E-state index contributed by atoms with van der Waals surface area (Å²) >= 11 is 0. The summed E-state index contributed by atoms with van der Waals surface area (Å²) in [7, 11) is 0. The highest BCUT2D eigenvalue weighted by atomic mass is 16.5. The second-order valence-electron chi connectivity index (χ2n) is 6.22. The van der Waals surface area contributed by atoms with Gasteiger partial charge in [-0.3, -0.25) is 4.79 Å². The van der Waals surface area contributed by atoms with Gasteiger partial charge in [-0.1, -0.05) is 13.8 Å². The van der Waals surface area contributed by atoms with Gasteiger partial charge in [0.25, 0.3) is 0 Å². The Hall–Kier alpha value is -0.410. The first kappa shape index (κ1) is 14.0. The molecule has 0 bridgehead atoms. The van der Waals surface area contributed by atoms with Crippen LogP contribution in [0.2, 0.25) is 0 Å². The molecule has 2 rings (SSSR count). The van der Waals surface area contributed by atoms with Crippen molar-refractivity contribution >= 4 is 5.78 Å². The lowest BCUT2D eigenvalue weighted by molar-refractivity contribution is -0.125. The lowest BCUT2D eigenvalue weighted by Crippen LogP contribution is -2.45. The Morgan fingerprint density at radius 3 is 2.33 bits per heavy atom. The van der Waals surface area contributed by atoms with Crippen molar-refractivity contribution in [1.29, 1.82) is 0 Å². The second kappa shape index (κ2) is 6.67. The molecule has 0 spiro atoms. The number of carbonyl (C=O) groups excluding carboxylic acids is 1. The van der Waals surface area contributed by atoms with Crippen LogP contribution in [0.25, 0.3) is 0 Å². The first-order valence-corrected chi connectivity index (χ1v) is 7.51. The predicted octanol–water partition coefficient (Wildman–Crippen LogP) is 2.49. The van der Waals surface area contributed by atoms with Gasteiger partial charge in [0, 0.05) is 31.6 Å². The van der Waals surface area contributed by atoms with E-state index in [2.05, 4.69) is 18.7 Å². The van der Waals surface area contributed by atoms with E-state index in [4.69, 9.17) is 4.74 Å². The van der Waals surface area contributed by atoms with Crippen LogP contribution >= 0.6 is 0 Å². The van der Waals surface area contributed by atoms with Crippen LogP contribution < -0.4 is 0 Å². The number of rotatable bonds is 4. The van der Waals surface area contributed by atoms with Crippen molar-refractivity contribution in [2.45, 2.75) is 52.0 Å². The highest BCUT2D eigenvalue weighted by Crippen LogP contribution is 2.25. The van der Waals surface area contributed by atoms with Gasteiger partial charge in [-0.25, -0.2) is 0 Å². The zero-order valence-electron chi connectivity index (χ0n) is 11.9. The van der Waals surface area contributed by atoms with Gasteiger partial charge in [0.2, 0.25) is 0 Å². The number of hydrogen-bond acceptors (Lipinski definition) is 3. The summed E-state index contributed by atoms with van der Waals surface area (Å²) in [6.45, 7) is 8.32. The topological polar surface area (TPSA) is 29.5 Å². The summed E-state index contributed by atoms with van der Waals surface area (Å²) in [5.74, 6) is 1.34. The average molecular weight is 253 g/mol. The van der Waals surface area contributed by atoms with Crippen LogP contribution in [0.1, 0.15) is 46.0 Å². The molecule has 2 heterocycles. The molecule has 0 aromatic heterocycles. The summed E-state index contributed by atoms with van der Waals surface area (Å²) in [5.41, 5.74) is 0. The van der Waals surface area contributed by atoms with Crippen LogP contribution in [0.15, 0.2) is 0 Å². The van der Waals surface area contributed by atoms with Crippen LogP contribution in [0.4, 0.5) is 0 Å². The van der Waals surface area contributed by atoms with Gasteiger partial charge in [0.15, 0.2) is 0 Å². The van der Waals surface area contributed by atoms with Gasteiger partial charge >= 0.3 is 0 Å². The lowest BCUT2D eigenvalue weighted by Gasteiger charge is -2.39. The summed E-state index contributed by atoms with van der Waals surface area (Å²) in [5, 5.41) is 0. The van der Waals surface area contributed by atoms with E-state index in [1.165, 1.54) is 12.8 Å². The van der Waals surface area contributed by atoms with Gasteiger partial charge in [0.05, 0.1) is 0 Å². The molecule has 104 valence electrons. The van der Waals surface area contributed by atoms with Crippen molar-refractivity contribution in [3.8, 4) is 0 Å². The average Bonchev–Trinajstić information content (AvgIpc) is 2.39. The predicted molar refractivity (Wildman–Crippen MR) is 72.6 cm³/mol. The van der Waals surface area contributed by atoms with Gasteiger partial charge in [-0.05, 0) is 44.7 Å². The fraction of sp³-hybridized carbons (Fsp3) is 0.933. The second-order valence-corrected chi connectivity index (χ2v) is 6.22. The van der Waals surface area contributed by atoms with E-state index in [0.717, 1.165) is 45.6 Å². The third-order valence-electron chi connectivity index (χ3n) is 4.30. The number of carbonyl (C=O) groups is 1. The normalized spacial score (nSPS) is 24.6. The van der Waals surface area contributed by atoms with Crippen LogP contribution in [0.3, 0.4) is 0 Å². The molecule has 2 aliphatic rings. The van der Waals surface area contributed by atoms with Crippen molar-refractivity contribution in [2.24, 2.45) is 11.8 Å². The van der Waals surface area contributed by atoms with Gasteiger partial charge in [-0.2, -0.15) is 0 Å². The van der Waals surface area contributed by atoms with E-state index in [9.17, 15) is 4.79 Å². The van der Waals surface area contributed by atoms with Crippen LogP contribution in [-0.4, -0.2) is 43.0 Å². The number of piperidine rings is 1. The number of nitrogens with zero attached hydrogens (tertiary/aromatic N) is 1. The third kappa shape index (κ3) is 3.79. The van der Waals surface area contributed by atoms with Crippen molar-refractivity contribution in [3.05, 3.63) is 0 Å². The maximum atomic E-state index is 12.1. The van der Waals surface area contributed by atoms with Crippen LogP contribution in [0.5, 0.6) is 0 Å². The summed E-state index contributed by atoms with van der Waals surface area (Å²) in [4.78, 5) is 14.6. The molecule has 0 aliphatic carbocycles. The Bertz CT molecular complexity index is 264. The standard InChI is InChI=1S/C15H27NO2/c1-12(2)11-15(17)13-3-7-16(8-4-13)14-5-9-18-10-6-14/h12-14H,3-11H2,1-2H3. The molecule has 3 nitrogen and oxygen atoms in total. The Morgan fingerprint density at radius 1 is 1.17 bits per heavy atom. The van der Waals surface area contributed by atoms with Crippen molar-refractivity contribution < 1.29 is 9.53 Å². The van der Waals surface area contributed by atoms with Gasteiger partial charge < -0.3 is 9.64 Å². The number of hydrogen-bond donors (Lipinski definition) is 0. The maximum absolute atomic E-state index is 12.1. The molecular formula is C15H27NO2. The fourth-order valence-corrected chi connectivity index (χ4v) is 3.21. The Balaban J connectivity index is 1.75. The zero-order valence-corrected chi connectivity index (χ0v) is 11.9. The third-order valence-corrected chi connectivity index (χ3v) is 4.30. The summed E-state index contributed by atoms with van der Waals surface area (Å²) in [6, 6.07) is 0.708. The van der Waals surface area contributed by atoms with Crippen LogP contribution in [0, 0.1) is 11.8 Å². The number of Topliss-reactive ketones (excluding diaryl/α,β-unsaturated/α-hetero) is 1. The highest BCUT2D eigenvalue weighted by Gasteiger charge is 2.29. The largest absolute Gasteiger partial charge is 0.381 e. The Morgan fingerprint density at radius 2 is 1.78 bits per heavy atom. The van der Waals surface area contributed by atoms with E-state index < -0.39 is 0 Å². The molecule has 2 aliphatic heterocycles. The minimum absolute atomic E-state index is 0.337. The fourth-order valence-electron chi connectivity index (χ4n) is 3.21. The van der Waals surface area contributed by atoms with E-state index >= 15 is 0 Å². The molecule has 0 aromatic carbocycles. The zero-order chi connectivity index (χ0) is 13.0. The smallest absolute Gasteiger partial charge is 0.136 e. The summed E-state index contributed by atoms with van der Waals surface area (Å²) in [6.07, 6.45) is 5.25.